The molecule has 0 atom stereocenters. The minimum absolute atomic E-state index is 0.114. The Morgan fingerprint density at radius 1 is 1.00 bits per heavy atom. The van der Waals surface area contributed by atoms with Gasteiger partial charge >= 0.3 is 0 Å². The molecule has 10 heteroatoms. The first kappa shape index (κ1) is 24.6. The van der Waals surface area contributed by atoms with E-state index in [9.17, 15) is 19.7 Å². The van der Waals surface area contributed by atoms with Crippen molar-refractivity contribution in [2.24, 2.45) is 0 Å². The number of nitrogens with one attached hydrogen (secondary N) is 1. The van der Waals surface area contributed by atoms with E-state index in [2.05, 4.69) is 10.2 Å². The number of nitro groups is 1. The number of amides is 2. The summed E-state index contributed by atoms with van der Waals surface area (Å²) in [6, 6.07) is 10.2. The van der Waals surface area contributed by atoms with Crippen LogP contribution in [0, 0.1) is 10.1 Å². The van der Waals surface area contributed by atoms with Gasteiger partial charge in [-0.3, -0.25) is 19.7 Å². The number of anilines is 1. The SMILES string of the molecule is CCN(CC)CCN(CC(=O)Nc1c(Cl)cccc1Cl)C(=O)c1ccc([N+](=O)[O-])cc1. The van der Waals surface area contributed by atoms with Gasteiger partial charge in [-0.15, -0.1) is 0 Å². The molecule has 2 aromatic rings. The molecule has 0 aliphatic rings. The van der Waals surface area contributed by atoms with Crippen LogP contribution in [-0.2, 0) is 4.79 Å². The first-order chi connectivity index (χ1) is 14.8. The molecule has 2 aromatic carbocycles. The number of likely N-dealkylation sites (N-methyl/N-ethyl adjacent to an activating group) is 1. The molecule has 1 N–H and O–H groups in total. The fourth-order valence-electron chi connectivity index (χ4n) is 2.93. The fraction of sp³-hybridized carbons (Fsp3) is 0.333. The number of halogens is 2. The third-order valence-electron chi connectivity index (χ3n) is 4.75. The quantitative estimate of drug-likeness (QED) is 0.415. The van der Waals surface area contributed by atoms with Crippen molar-refractivity contribution in [3.63, 3.8) is 0 Å². The third-order valence-corrected chi connectivity index (χ3v) is 5.38. The Morgan fingerprint density at radius 2 is 1.58 bits per heavy atom. The first-order valence-corrected chi connectivity index (χ1v) is 10.5. The highest BCUT2D eigenvalue weighted by Gasteiger charge is 2.21. The second-order valence-electron chi connectivity index (χ2n) is 6.70. The van der Waals surface area contributed by atoms with Crippen molar-refractivity contribution in [1.82, 2.24) is 9.80 Å². The van der Waals surface area contributed by atoms with Gasteiger partial charge < -0.3 is 15.1 Å². The molecule has 31 heavy (non-hydrogen) atoms. The molecule has 8 nitrogen and oxygen atoms in total. The van der Waals surface area contributed by atoms with Gasteiger partial charge in [0, 0.05) is 30.8 Å². The summed E-state index contributed by atoms with van der Waals surface area (Å²) in [4.78, 5) is 39.6. The van der Waals surface area contributed by atoms with Crippen molar-refractivity contribution in [3.8, 4) is 0 Å². The maximum Gasteiger partial charge on any atom is 0.269 e. The van der Waals surface area contributed by atoms with Crippen molar-refractivity contribution >= 4 is 46.4 Å². The minimum Gasteiger partial charge on any atom is -0.328 e. The number of rotatable bonds is 10. The largest absolute Gasteiger partial charge is 0.328 e. The molecular formula is C21H24Cl2N4O4. The van der Waals surface area contributed by atoms with E-state index in [1.807, 2.05) is 13.8 Å². The summed E-state index contributed by atoms with van der Waals surface area (Å²) in [5.41, 5.74) is 0.424. The number of hydrogen-bond acceptors (Lipinski definition) is 5. The lowest BCUT2D eigenvalue weighted by Gasteiger charge is -2.26. The molecule has 0 aliphatic carbocycles. The molecule has 0 saturated heterocycles. The summed E-state index contributed by atoms with van der Waals surface area (Å²) in [6.07, 6.45) is 0. The van der Waals surface area contributed by atoms with E-state index in [1.54, 1.807) is 18.2 Å². The van der Waals surface area contributed by atoms with Gasteiger partial charge in [0.2, 0.25) is 5.91 Å². The maximum absolute atomic E-state index is 13.0. The summed E-state index contributed by atoms with van der Waals surface area (Å²) < 4.78 is 0. The zero-order valence-corrected chi connectivity index (χ0v) is 18.8. The first-order valence-electron chi connectivity index (χ1n) is 9.76. The average Bonchev–Trinajstić information content (AvgIpc) is 2.75. The van der Waals surface area contributed by atoms with Crippen molar-refractivity contribution < 1.29 is 14.5 Å². The topological polar surface area (TPSA) is 95.8 Å². The Labute approximate surface area is 190 Å². The zero-order valence-electron chi connectivity index (χ0n) is 17.3. The predicted molar refractivity (Wildman–Crippen MR) is 122 cm³/mol. The highest BCUT2D eigenvalue weighted by molar-refractivity contribution is 6.39. The maximum atomic E-state index is 13.0. The van der Waals surface area contributed by atoms with E-state index >= 15 is 0 Å². The zero-order chi connectivity index (χ0) is 23.0. The van der Waals surface area contributed by atoms with Crippen LogP contribution in [0.4, 0.5) is 11.4 Å². The second-order valence-corrected chi connectivity index (χ2v) is 7.52. The summed E-state index contributed by atoms with van der Waals surface area (Å²) >= 11 is 12.2. The lowest BCUT2D eigenvalue weighted by Crippen LogP contribution is -2.42. The molecule has 166 valence electrons. The molecule has 0 unspecified atom stereocenters. The van der Waals surface area contributed by atoms with Gasteiger partial charge in [0.15, 0.2) is 0 Å². The number of nitro benzene ring substituents is 1. The molecule has 2 rings (SSSR count). The fourth-order valence-corrected chi connectivity index (χ4v) is 3.42. The third kappa shape index (κ3) is 6.92. The van der Waals surface area contributed by atoms with Gasteiger partial charge in [-0.05, 0) is 37.4 Å². The lowest BCUT2D eigenvalue weighted by molar-refractivity contribution is -0.384. The van der Waals surface area contributed by atoms with Crippen LogP contribution in [0.2, 0.25) is 10.0 Å². The predicted octanol–water partition coefficient (Wildman–Crippen LogP) is 4.32. The van der Waals surface area contributed by atoms with Gasteiger partial charge in [-0.1, -0.05) is 43.1 Å². The number of carbonyl (C=O) groups is 2. The molecule has 0 aromatic heterocycles. The van der Waals surface area contributed by atoms with Crippen LogP contribution in [0.1, 0.15) is 24.2 Å². The Morgan fingerprint density at radius 3 is 2.10 bits per heavy atom. The summed E-state index contributed by atoms with van der Waals surface area (Å²) in [5, 5.41) is 14.1. The second kappa shape index (κ2) is 11.6. The van der Waals surface area contributed by atoms with E-state index in [4.69, 9.17) is 23.2 Å². The summed E-state index contributed by atoms with van der Waals surface area (Å²) in [6.45, 7) is 6.29. The number of hydrogen-bond donors (Lipinski definition) is 1. The number of nitrogens with zero attached hydrogens (tertiary/aromatic N) is 3. The normalized spacial score (nSPS) is 10.7. The van der Waals surface area contributed by atoms with Gasteiger partial charge in [-0.25, -0.2) is 0 Å². The molecule has 0 fully saturated rings. The van der Waals surface area contributed by atoms with Crippen molar-refractivity contribution in [2.45, 2.75) is 13.8 Å². The Hall–Kier alpha value is -2.68. The Kier molecular flexibility index (Phi) is 9.23. The van der Waals surface area contributed by atoms with E-state index in [0.717, 1.165) is 13.1 Å². The van der Waals surface area contributed by atoms with Crippen LogP contribution < -0.4 is 5.32 Å². The van der Waals surface area contributed by atoms with Crippen molar-refractivity contribution in [3.05, 3.63) is 68.2 Å². The molecule has 0 bridgehead atoms. The van der Waals surface area contributed by atoms with E-state index in [0.29, 0.717) is 13.1 Å². The van der Waals surface area contributed by atoms with Crippen LogP contribution >= 0.6 is 23.2 Å². The van der Waals surface area contributed by atoms with Gasteiger partial charge in [-0.2, -0.15) is 0 Å². The molecule has 2 amide bonds. The van der Waals surface area contributed by atoms with Crippen LogP contribution in [0.3, 0.4) is 0 Å². The van der Waals surface area contributed by atoms with E-state index in [1.165, 1.54) is 29.2 Å². The molecular weight excluding hydrogens is 443 g/mol. The highest BCUT2D eigenvalue weighted by Crippen LogP contribution is 2.29. The molecule has 0 heterocycles. The summed E-state index contributed by atoms with van der Waals surface area (Å²) in [7, 11) is 0. The van der Waals surface area contributed by atoms with Crippen LogP contribution in [0.25, 0.3) is 0 Å². The molecule has 0 radical (unpaired) electrons. The van der Waals surface area contributed by atoms with Gasteiger partial charge in [0.05, 0.1) is 20.7 Å². The summed E-state index contributed by atoms with van der Waals surface area (Å²) in [5.74, 6) is -0.854. The number of non-ortho nitro benzene ring substituents is 1. The van der Waals surface area contributed by atoms with Gasteiger partial charge in [0.1, 0.15) is 6.54 Å². The number of benzene rings is 2. The number of carbonyl (C=O) groups excluding carboxylic acids is 2. The van der Waals surface area contributed by atoms with Crippen LogP contribution in [0.15, 0.2) is 42.5 Å². The molecule has 0 saturated carbocycles. The smallest absolute Gasteiger partial charge is 0.269 e. The standard InChI is InChI=1S/C21H24Cl2N4O4/c1-3-25(4-2)12-13-26(21(29)15-8-10-16(11-9-15)27(30)31)14-19(28)24-20-17(22)6-5-7-18(20)23/h5-11H,3-4,12-14H2,1-2H3,(H,24,28). The lowest BCUT2D eigenvalue weighted by atomic mass is 10.1. The van der Waals surface area contributed by atoms with E-state index in [-0.39, 0.29) is 33.5 Å². The Bertz CT molecular complexity index is 913. The Balaban J connectivity index is 2.19. The van der Waals surface area contributed by atoms with Crippen molar-refractivity contribution in [1.29, 1.82) is 0 Å². The monoisotopic (exact) mass is 466 g/mol. The number of para-hydroxylation sites is 1. The molecule has 0 aliphatic heterocycles. The molecule has 0 spiro atoms. The highest BCUT2D eigenvalue weighted by atomic mass is 35.5. The average molecular weight is 467 g/mol. The van der Waals surface area contributed by atoms with Crippen molar-refractivity contribution in [2.75, 3.05) is 38.0 Å². The van der Waals surface area contributed by atoms with Crippen LogP contribution in [-0.4, -0.2) is 59.3 Å². The van der Waals surface area contributed by atoms with E-state index < -0.39 is 16.7 Å². The van der Waals surface area contributed by atoms with Gasteiger partial charge in [0.25, 0.3) is 11.6 Å². The minimum atomic E-state index is -0.535. The van der Waals surface area contributed by atoms with Crippen LogP contribution in [0.5, 0.6) is 0 Å².